The summed E-state index contributed by atoms with van der Waals surface area (Å²) in [4.78, 5) is 12.2. The molecular weight excluding hydrogens is 224 g/mol. The monoisotopic (exact) mass is 246 g/mol. The van der Waals surface area contributed by atoms with Crippen LogP contribution in [0.3, 0.4) is 0 Å². The number of aryl methyl sites for hydroxylation is 1. The van der Waals surface area contributed by atoms with Crippen LogP contribution in [0, 0.1) is 0 Å². The molecule has 0 aliphatic heterocycles. The summed E-state index contributed by atoms with van der Waals surface area (Å²) >= 11 is 0. The molecule has 0 unspecified atom stereocenters. The zero-order valence-corrected chi connectivity index (χ0v) is 11.4. The van der Waals surface area contributed by atoms with Crippen LogP contribution in [0.4, 0.5) is 0 Å². The van der Waals surface area contributed by atoms with Gasteiger partial charge in [0.15, 0.2) is 0 Å². The number of hydrogen-bond donors (Lipinski definition) is 0. The van der Waals surface area contributed by atoms with Crippen LogP contribution in [-0.4, -0.2) is 11.6 Å². The Labute approximate surface area is 109 Å². The van der Waals surface area contributed by atoms with Crippen LogP contribution < -0.4 is 0 Å². The number of benzene rings is 1. The molecule has 1 aliphatic carbocycles. The first-order valence-electron chi connectivity index (χ1n) is 6.95. The number of hydrogen-bond acceptors (Lipinski definition) is 2. The minimum atomic E-state index is -0.252. The van der Waals surface area contributed by atoms with Gasteiger partial charge in [-0.25, -0.2) is 4.79 Å². The summed E-state index contributed by atoms with van der Waals surface area (Å²) in [5.41, 5.74) is 1.61. The topological polar surface area (TPSA) is 26.3 Å². The summed E-state index contributed by atoms with van der Waals surface area (Å²) in [7, 11) is 0. The van der Waals surface area contributed by atoms with Crippen LogP contribution in [0.2, 0.25) is 0 Å². The largest absolute Gasteiger partial charge is 0.456 e. The Morgan fingerprint density at radius 2 is 2.00 bits per heavy atom. The normalized spacial score (nSPS) is 18.3. The molecule has 1 saturated carbocycles. The van der Waals surface area contributed by atoms with Crippen molar-refractivity contribution in [1.29, 1.82) is 0 Å². The minimum Gasteiger partial charge on any atom is -0.456 e. The molecule has 1 aliphatic rings. The lowest BCUT2D eigenvalue weighted by Gasteiger charge is -2.33. The van der Waals surface area contributed by atoms with Gasteiger partial charge in [0.25, 0.3) is 0 Å². The Morgan fingerprint density at radius 3 is 2.67 bits per heavy atom. The fraction of sp³-hybridized carbons (Fsp3) is 0.562. The van der Waals surface area contributed by atoms with E-state index in [0.717, 1.165) is 19.3 Å². The smallest absolute Gasteiger partial charge is 0.338 e. The van der Waals surface area contributed by atoms with Crippen LogP contribution in [-0.2, 0) is 11.2 Å². The Kier molecular flexibility index (Phi) is 4.05. The van der Waals surface area contributed by atoms with Crippen molar-refractivity contribution in [2.24, 2.45) is 0 Å². The Balaban J connectivity index is 2.06. The maximum Gasteiger partial charge on any atom is 0.338 e. The van der Waals surface area contributed by atoms with Crippen molar-refractivity contribution in [2.45, 2.75) is 58.0 Å². The van der Waals surface area contributed by atoms with Gasteiger partial charge in [-0.3, -0.25) is 0 Å². The van der Waals surface area contributed by atoms with Gasteiger partial charge in [0.1, 0.15) is 5.60 Å². The van der Waals surface area contributed by atoms with Crippen LogP contribution in [0.25, 0.3) is 0 Å². The molecule has 18 heavy (non-hydrogen) atoms. The second-order valence-corrected chi connectivity index (χ2v) is 5.45. The fourth-order valence-electron chi connectivity index (χ4n) is 2.60. The molecule has 98 valence electrons. The number of ether oxygens (including phenoxy) is 1. The molecule has 0 saturated heterocycles. The summed E-state index contributed by atoms with van der Waals surface area (Å²) in [6, 6.07) is 7.75. The van der Waals surface area contributed by atoms with Crippen LogP contribution >= 0.6 is 0 Å². The SMILES string of the molecule is CCc1cccc(C(=O)OC2(C)CCCCC2)c1. The van der Waals surface area contributed by atoms with Crippen molar-refractivity contribution >= 4 is 5.97 Å². The maximum atomic E-state index is 12.2. The van der Waals surface area contributed by atoms with E-state index in [-0.39, 0.29) is 11.6 Å². The first-order chi connectivity index (χ1) is 8.63. The highest BCUT2D eigenvalue weighted by atomic mass is 16.6. The van der Waals surface area contributed by atoms with Crippen molar-refractivity contribution in [3.05, 3.63) is 35.4 Å². The lowest BCUT2D eigenvalue weighted by Crippen LogP contribution is -2.33. The zero-order chi connectivity index (χ0) is 13.0. The molecule has 2 nitrogen and oxygen atoms in total. The molecule has 0 N–H and O–H groups in total. The van der Waals surface area contributed by atoms with Gasteiger partial charge in [0, 0.05) is 0 Å². The van der Waals surface area contributed by atoms with E-state index in [2.05, 4.69) is 13.8 Å². The van der Waals surface area contributed by atoms with E-state index in [1.807, 2.05) is 24.3 Å². The first kappa shape index (κ1) is 13.1. The minimum absolute atomic E-state index is 0.172. The standard InChI is InChI=1S/C16H22O2/c1-3-13-8-7-9-14(12-13)15(17)18-16(2)10-5-4-6-11-16/h7-9,12H,3-6,10-11H2,1-2H3. The summed E-state index contributed by atoms with van der Waals surface area (Å²) in [6.07, 6.45) is 6.52. The van der Waals surface area contributed by atoms with Gasteiger partial charge in [0.05, 0.1) is 5.56 Å². The molecule has 0 radical (unpaired) electrons. The van der Waals surface area contributed by atoms with Gasteiger partial charge >= 0.3 is 5.97 Å². The predicted molar refractivity (Wildman–Crippen MR) is 72.7 cm³/mol. The van der Waals surface area contributed by atoms with E-state index in [9.17, 15) is 4.79 Å². The molecule has 2 rings (SSSR count). The molecule has 2 heteroatoms. The van der Waals surface area contributed by atoms with Crippen molar-refractivity contribution in [1.82, 2.24) is 0 Å². The molecule has 1 aromatic rings. The van der Waals surface area contributed by atoms with Gasteiger partial charge < -0.3 is 4.74 Å². The van der Waals surface area contributed by atoms with Crippen LogP contribution in [0.1, 0.15) is 61.9 Å². The third-order valence-corrected chi connectivity index (χ3v) is 3.82. The molecule has 0 atom stereocenters. The van der Waals surface area contributed by atoms with E-state index in [4.69, 9.17) is 4.74 Å². The number of esters is 1. The second-order valence-electron chi connectivity index (χ2n) is 5.45. The van der Waals surface area contributed by atoms with Gasteiger partial charge in [-0.1, -0.05) is 25.5 Å². The van der Waals surface area contributed by atoms with Gasteiger partial charge in [0.2, 0.25) is 0 Å². The highest BCUT2D eigenvalue weighted by molar-refractivity contribution is 5.89. The fourth-order valence-corrected chi connectivity index (χ4v) is 2.60. The van der Waals surface area contributed by atoms with Crippen molar-refractivity contribution in [3.63, 3.8) is 0 Å². The average molecular weight is 246 g/mol. The van der Waals surface area contributed by atoms with E-state index >= 15 is 0 Å². The van der Waals surface area contributed by atoms with E-state index in [1.54, 1.807) is 0 Å². The predicted octanol–water partition coefficient (Wildman–Crippen LogP) is 4.13. The van der Waals surface area contributed by atoms with E-state index in [0.29, 0.717) is 5.56 Å². The van der Waals surface area contributed by atoms with Crippen molar-refractivity contribution in [3.8, 4) is 0 Å². The van der Waals surface area contributed by atoms with Crippen LogP contribution in [0.5, 0.6) is 0 Å². The molecule has 0 amide bonds. The number of rotatable bonds is 3. The van der Waals surface area contributed by atoms with E-state index in [1.165, 1.54) is 24.8 Å². The maximum absolute atomic E-state index is 12.2. The summed E-state index contributed by atoms with van der Waals surface area (Å²) in [6.45, 7) is 4.15. The quantitative estimate of drug-likeness (QED) is 0.750. The Morgan fingerprint density at radius 1 is 1.28 bits per heavy atom. The molecule has 0 aromatic heterocycles. The van der Waals surface area contributed by atoms with Crippen molar-refractivity contribution < 1.29 is 9.53 Å². The van der Waals surface area contributed by atoms with Crippen molar-refractivity contribution in [2.75, 3.05) is 0 Å². The Hall–Kier alpha value is -1.31. The zero-order valence-electron chi connectivity index (χ0n) is 11.4. The van der Waals surface area contributed by atoms with Gasteiger partial charge in [-0.15, -0.1) is 0 Å². The molecule has 1 fully saturated rings. The molecule has 1 aromatic carbocycles. The van der Waals surface area contributed by atoms with E-state index < -0.39 is 0 Å². The van der Waals surface area contributed by atoms with Gasteiger partial charge in [-0.2, -0.15) is 0 Å². The summed E-state index contributed by atoms with van der Waals surface area (Å²) in [5.74, 6) is -0.172. The first-order valence-corrected chi connectivity index (χ1v) is 6.95. The molecule has 0 spiro atoms. The second kappa shape index (κ2) is 5.55. The Bertz CT molecular complexity index is 417. The third kappa shape index (κ3) is 3.12. The van der Waals surface area contributed by atoms with Crippen LogP contribution in [0.15, 0.2) is 24.3 Å². The number of carbonyl (C=O) groups is 1. The summed E-state index contributed by atoms with van der Waals surface area (Å²) < 4.78 is 5.73. The average Bonchev–Trinajstić information content (AvgIpc) is 2.39. The van der Waals surface area contributed by atoms with Gasteiger partial charge in [-0.05, 0) is 56.7 Å². The molecule has 0 heterocycles. The summed E-state index contributed by atoms with van der Waals surface area (Å²) in [5, 5.41) is 0. The highest BCUT2D eigenvalue weighted by Gasteiger charge is 2.31. The highest BCUT2D eigenvalue weighted by Crippen LogP contribution is 2.31. The third-order valence-electron chi connectivity index (χ3n) is 3.82. The molecule has 0 bridgehead atoms. The lowest BCUT2D eigenvalue weighted by atomic mass is 9.86. The lowest BCUT2D eigenvalue weighted by molar-refractivity contribution is -0.0269. The number of carbonyl (C=O) groups excluding carboxylic acids is 1. The molecular formula is C16H22O2.